The van der Waals surface area contributed by atoms with Crippen LogP contribution in [0.5, 0.6) is 0 Å². The highest BCUT2D eigenvalue weighted by Gasteiger charge is 2.05. The zero-order valence-electron chi connectivity index (χ0n) is 15.0. The van der Waals surface area contributed by atoms with E-state index in [2.05, 4.69) is 75.5 Å². The Morgan fingerprint density at radius 1 is 0.792 bits per heavy atom. The largest absolute Gasteiger partial charge is 0.0901 e. The van der Waals surface area contributed by atoms with Crippen molar-refractivity contribution in [2.45, 2.75) is 46.0 Å². The van der Waals surface area contributed by atoms with Crippen LogP contribution in [0.4, 0.5) is 0 Å². The van der Waals surface area contributed by atoms with Gasteiger partial charge in [0, 0.05) is 9.81 Å². The van der Waals surface area contributed by atoms with E-state index in [1.165, 1.54) is 54.4 Å². The SMILES string of the molecule is C=C(SC(=C)c1ccc(CCCCCC)cc1)c1ccc(C)cc1. The van der Waals surface area contributed by atoms with Crippen molar-refractivity contribution >= 4 is 21.6 Å². The van der Waals surface area contributed by atoms with E-state index in [1.807, 2.05) is 0 Å². The van der Waals surface area contributed by atoms with Crippen LogP contribution in [0.1, 0.15) is 54.9 Å². The molecular formula is C23H28S. The number of aryl methyl sites for hydroxylation is 2. The van der Waals surface area contributed by atoms with Gasteiger partial charge in [0.15, 0.2) is 0 Å². The van der Waals surface area contributed by atoms with Gasteiger partial charge >= 0.3 is 0 Å². The van der Waals surface area contributed by atoms with Crippen LogP contribution in [0.15, 0.2) is 61.7 Å². The smallest absolute Gasteiger partial charge is 0.0122 e. The van der Waals surface area contributed by atoms with Gasteiger partial charge in [0.1, 0.15) is 0 Å². The molecule has 0 aromatic heterocycles. The second-order valence-electron chi connectivity index (χ2n) is 6.32. The number of thioether (sulfide) groups is 1. The molecule has 0 aliphatic heterocycles. The Bertz CT molecular complexity index is 662. The fraction of sp³-hybridized carbons (Fsp3) is 0.304. The Hall–Kier alpha value is -1.73. The van der Waals surface area contributed by atoms with Crippen LogP contribution in [0.25, 0.3) is 9.81 Å². The third-order valence-corrected chi connectivity index (χ3v) is 5.18. The zero-order chi connectivity index (χ0) is 17.4. The molecule has 0 unspecified atom stereocenters. The second kappa shape index (κ2) is 9.54. The molecule has 2 aromatic rings. The van der Waals surface area contributed by atoms with Gasteiger partial charge in [-0.1, -0.05) is 105 Å². The summed E-state index contributed by atoms with van der Waals surface area (Å²) >= 11 is 1.65. The van der Waals surface area contributed by atoms with Gasteiger partial charge < -0.3 is 0 Å². The summed E-state index contributed by atoms with van der Waals surface area (Å²) in [6.07, 6.45) is 6.42. The van der Waals surface area contributed by atoms with E-state index in [9.17, 15) is 0 Å². The number of hydrogen-bond acceptors (Lipinski definition) is 1. The van der Waals surface area contributed by atoms with Crippen molar-refractivity contribution in [1.29, 1.82) is 0 Å². The van der Waals surface area contributed by atoms with Gasteiger partial charge in [0.25, 0.3) is 0 Å². The van der Waals surface area contributed by atoms with Gasteiger partial charge in [-0.15, -0.1) is 0 Å². The third-order valence-electron chi connectivity index (χ3n) is 4.21. The molecule has 0 aliphatic carbocycles. The molecule has 0 atom stereocenters. The zero-order valence-corrected chi connectivity index (χ0v) is 15.8. The van der Waals surface area contributed by atoms with Crippen LogP contribution < -0.4 is 0 Å². The summed E-state index contributed by atoms with van der Waals surface area (Å²) in [4.78, 5) is 2.10. The lowest BCUT2D eigenvalue weighted by molar-refractivity contribution is 0.667. The minimum atomic E-state index is 1.05. The number of benzene rings is 2. The highest BCUT2D eigenvalue weighted by molar-refractivity contribution is 8.16. The van der Waals surface area contributed by atoms with Gasteiger partial charge in [-0.3, -0.25) is 0 Å². The molecule has 0 fully saturated rings. The van der Waals surface area contributed by atoms with E-state index >= 15 is 0 Å². The Morgan fingerprint density at radius 3 is 1.88 bits per heavy atom. The van der Waals surface area contributed by atoms with E-state index in [0.717, 1.165) is 9.81 Å². The lowest BCUT2D eigenvalue weighted by Gasteiger charge is -2.10. The first-order valence-corrected chi connectivity index (χ1v) is 9.64. The lowest BCUT2D eigenvalue weighted by Crippen LogP contribution is -1.87. The van der Waals surface area contributed by atoms with E-state index in [-0.39, 0.29) is 0 Å². The molecule has 0 radical (unpaired) electrons. The Morgan fingerprint density at radius 2 is 1.33 bits per heavy atom. The minimum Gasteiger partial charge on any atom is -0.0901 e. The Labute approximate surface area is 151 Å². The average molecular weight is 337 g/mol. The van der Waals surface area contributed by atoms with Crippen LogP contribution in [0.2, 0.25) is 0 Å². The van der Waals surface area contributed by atoms with Crippen molar-refractivity contribution in [3.05, 3.63) is 83.9 Å². The number of hydrogen-bond donors (Lipinski definition) is 0. The summed E-state index contributed by atoms with van der Waals surface area (Å²) in [6.45, 7) is 12.8. The maximum Gasteiger partial charge on any atom is 0.0122 e. The van der Waals surface area contributed by atoms with Crippen molar-refractivity contribution in [2.24, 2.45) is 0 Å². The van der Waals surface area contributed by atoms with E-state index in [1.54, 1.807) is 11.8 Å². The van der Waals surface area contributed by atoms with Crippen molar-refractivity contribution in [3.8, 4) is 0 Å². The predicted molar refractivity (Wildman–Crippen MR) is 111 cm³/mol. The summed E-state index contributed by atoms with van der Waals surface area (Å²) in [5.41, 5.74) is 5.04. The lowest BCUT2D eigenvalue weighted by atomic mass is 10.0. The fourth-order valence-corrected chi connectivity index (χ4v) is 3.42. The molecule has 0 saturated carbocycles. The van der Waals surface area contributed by atoms with Crippen LogP contribution in [-0.4, -0.2) is 0 Å². The van der Waals surface area contributed by atoms with Crippen molar-refractivity contribution < 1.29 is 0 Å². The molecule has 0 spiro atoms. The minimum absolute atomic E-state index is 1.05. The maximum absolute atomic E-state index is 4.23. The van der Waals surface area contributed by atoms with Crippen LogP contribution >= 0.6 is 11.8 Å². The topological polar surface area (TPSA) is 0 Å². The van der Waals surface area contributed by atoms with Gasteiger partial charge in [0.05, 0.1) is 0 Å². The monoisotopic (exact) mass is 336 g/mol. The molecule has 0 nitrogen and oxygen atoms in total. The molecule has 0 amide bonds. The standard InChI is InChI=1S/C23H28S/c1-5-6-7-8-9-21-12-16-23(17-13-21)20(4)24-19(3)22-14-10-18(2)11-15-22/h10-17H,3-9H2,1-2H3. The molecule has 2 aromatic carbocycles. The van der Waals surface area contributed by atoms with Gasteiger partial charge in [0.2, 0.25) is 0 Å². The highest BCUT2D eigenvalue weighted by Crippen LogP contribution is 2.36. The Balaban J connectivity index is 1.90. The molecule has 126 valence electrons. The summed E-state index contributed by atoms with van der Waals surface area (Å²) in [7, 11) is 0. The van der Waals surface area contributed by atoms with E-state index in [0.29, 0.717) is 0 Å². The molecule has 0 N–H and O–H groups in total. The van der Waals surface area contributed by atoms with Crippen LogP contribution in [0, 0.1) is 6.92 Å². The molecule has 24 heavy (non-hydrogen) atoms. The normalized spacial score (nSPS) is 10.6. The number of unbranched alkanes of at least 4 members (excludes halogenated alkanes) is 3. The molecule has 2 rings (SSSR count). The first-order valence-electron chi connectivity index (χ1n) is 8.82. The molecule has 0 bridgehead atoms. The number of rotatable bonds is 9. The van der Waals surface area contributed by atoms with E-state index < -0.39 is 0 Å². The van der Waals surface area contributed by atoms with Crippen molar-refractivity contribution in [2.75, 3.05) is 0 Å². The molecular weight excluding hydrogens is 308 g/mol. The molecule has 0 aliphatic rings. The Kier molecular flexibility index (Phi) is 7.39. The van der Waals surface area contributed by atoms with Gasteiger partial charge in [-0.05, 0) is 36.5 Å². The summed E-state index contributed by atoms with van der Waals surface area (Å²) in [5.74, 6) is 0. The highest BCUT2D eigenvalue weighted by atomic mass is 32.2. The van der Waals surface area contributed by atoms with Crippen molar-refractivity contribution in [3.63, 3.8) is 0 Å². The maximum atomic E-state index is 4.23. The van der Waals surface area contributed by atoms with Gasteiger partial charge in [-0.2, -0.15) is 0 Å². The quantitative estimate of drug-likeness (QED) is 0.427. The van der Waals surface area contributed by atoms with Crippen molar-refractivity contribution in [1.82, 2.24) is 0 Å². The fourth-order valence-electron chi connectivity index (χ4n) is 2.62. The average Bonchev–Trinajstić information content (AvgIpc) is 2.59. The second-order valence-corrected chi connectivity index (χ2v) is 7.51. The van der Waals surface area contributed by atoms with E-state index in [4.69, 9.17) is 0 Å². The molecule has 0 heterocycles. The third kappa shape index (κ3) is 5.72. The van der Waals surface area contributed by atoms with Crippen LogP contribution in [-0.2, 0) is 6.42 Å². The predicted octanol–water partition coefficient (Wildman–Crippen LogP) is 7.49. The van der Waals surface area contributed by atoms with Gasteiger partial charge in [-0.25, -0.2) is 0 Å². The van der Waals surface area contributed by atoms with Crippen LogP contribution in [0.3, 0.4) is 0 Å². The first kappa shape index (κ1) is 18.6. The summed E-state index contributed by atoms with van der Waals surface area (Å²) < 4.78 is 0. The molecule has 1 heteroatoms. The summed E-state index contributed by atoms with van der Waals surface area (Å²) in [6, 6.07) is 17.3. The first-order chi connectivity index (χ1) is 11.6. The summed E-state index contributed by atoms with van der Waals surface area (Å²) in [5, 5.41) is 0. The molecule has 0 saturated heterocycles.